The smallest absolute Gasteiger partial charge is 0.416 e. The number of aryl methyl sites for hydroxylation is 1. The van der Waals surface area contributed by atoms with Crippen LogP contribution in [-0.4, -0.2) is 38.3 Å². The molecule has 0 atom stereocenters. The highest BCUT2D eigenvalue weighted by molar-refractivity contribution is 5.89. The fraction of sp³-hybridized carbons (Fsp3) is 0.381. The van der Waals surface area contributed by atoms with Crippen LogP contribution in [0.2, 0.25) is 0 Å². The third-order valence-electron chi connectivity index (χ3n) is 5.89. The van der Waals surface area contributed by atoms with Gasteiger partial charge in [-0.2, -0.15) is 0 Å². The topological polar surface area (TPSA) is 91.3 Å². The van der Waals surface area contributed by atoms with Gasteiger partial charge in [0.25, 0.3) is 0 Å². The minimum absolute atomic E-state index is 0.230. The summed E-state index contributed by atoms with van der Waals surface area (Å²) >= 11 is 0. The molecule has 28 heavy (non-hydrogen) atoms. The van der Waals surface area contributed by atoms with Crippen LogP contribution in [0.3, 0.4) is 0 Å². The lowest BCUT2D eigenvalue weighted by Gasteiger charge is -2.34. The van der Waals surface area contributed by atoms with Gasteiger partial charge in [-0.05, 0) is 56.9 Å². The number of nitrogens with zero attached hydrogens (tertiary/aromatic N) is 3. The normalized spacial score (nSPS) is 24.8. The predicted molar refractivity (Wildman–Crippen MR) is 104 cm³/mol. The summed E-state index contributed by atoms with van der Waals surface area (Å²) in [7, 11) is 0. The zero-order valence-corrected chi connectivity index (χ0v) is 15.7. The van der Waals surface area contributed by atoms with Crippen molar-refractivity contribution in [3.63, 3.8) is 0 Å². The molecule has 7 heteroatoms. The molecule has 1 saturated heterocycles. The maximum Gasteiger partial charge on any atom is 0.416 e. The van der Waals surface area contributed by atoms with Crippen molar-refractivity contribution in [2.75, 3.05) is 11.4 Å². The third kappa shape index (κ3) is 2.87. The van der Waals surface area contributed by atoms with Crippen LogP contribution in [-0.2, 0) is 4.74 Å². The fourth-order valence-corrected chi connectivity index (χ4v) is 4.37. The molecule has 1 aliphatic carbocycles. The SMILES string of the molecule is Cc1cccc(N2C[C@]3(CC[C@@H](c4nc5ccc(O)cc5[nH]4)CC3)OC2=O)n1. The minimum Gasteiger partial charge on any atom is -0.508 e. The lowest BCUT2D eigenvalue weighted by Crippen LogP contribution is -2.38. The molecule has 1 spiro atoms. The van der Waals surface area contributed by atoms with Gasteiger partial charge in [0.05, 0.1) is 17.6 Å². The summed E-state index contributed by atoms with van der Waals surface area (Å²) in [6.45, 7) is 2.46. The lowest BCUT2D eigenvalue weighted by molar-refractivity contribution is 0.0208. The number of ether oxygens (including phenoxy) is 1. The number of aromatic nitrogens is 3. The van der Waals surface area contributed by atoms with Gasteiger partial charge in [0.2, 0.25) is 0 Å². The second-order valence-electron chi connectivity index (χ2n) is 7.87. The van der Waals surface area contributed by atoms with Crippen LogP contribution in [0.5, 0.6) is 5.75 Å². The fourth-order valence-electron chi connectivity index (χ4n) is 4.37. The molecule has 7 nitrogen and oxygen atoms in total. The number of aromatic hydroxyl groups is 1. The van der Waals surface area contributed by atoms with E-state index in [2.05, 4.69) is 15.0 Å². The van der Waals surface area contributed by atoms with Gasteiger partial charge >= 0.3 is 6.09 Å². The second kappa shape index (κ2) is 6.22. The van der Waals surface area contributed by atoms with Crippen molar-refractivity contribution < 1.29 is 14.6 Å². The first-order chi connectivity index (χ1) is 13.5. The van der Waals surface area contributed by atoms with E-state index in [1.54, 1.807) is 17.0 Å². The van der Waals surface area contributed by atoms with Crippen LogP contribution in [0.4, 0.5) is 10.6 Å². The van der Waals surface area contributed by atoms with Gasteiger partial charge in [-0.3, -0.25) is 4.90 Å². The predicted octanol–water partition coefficient (Wildman–Crippen LogP) is 4.03. The number of hydrogen-bond donors (Lipinski definition) is 2. The number of pyridine rings is 1. The van der Waals surface area contributed by atoms with Gasteiger partial charge in [-0.15, -0.1) is 0 Å². The molecule has 2 fully saturated rings. The van der Waals surface area contributed by atoms with Crippen molar-refractivity contribution >= 4 is 22.9 Å². The van der Waals surface area contributed by atoms with Gasteiger partial charge in [0.15, 0.2) is 0 Å². The van der Waals surface area contributed by atoms with Crippen molar-refractivity contribution in [2.24, 2.45) is 0 Å². The monoisotopic (exact) mass is 378 g/mol. The van der Waals surface area contributed by atoms with Gasteiger partial charge < -0.3 is 14.8 Å². The highest BCUT2D eigenvalue weighted by Crippen LogP contribution is 2.43. The van der Waals surface area contributed by atoms with Gasteiger partial charge in [0, 0.05) is 17.7 Å². The Bertz CT molecular complexity index is 1050. The van der Waals surface area contributed by atoms with E-state index in [1.165, 1.54) is 0 Å². The average molecular weight is 378 g/mol. The quantitative estimate of drug-likeness (QED) is 0.703. The molecule has 1 amide bonds. The molecular weight excluding hydrogens is 356 g/mol. The van der Waals surface area contributed by atoms with Crippen LogP contribution < -0.4 is 4.90 Å². The standard InChI is InChI=1S/C21H22N4O3/c1-13-3-2-4-18(22-13)25-12-21(28-20(25)27)9-7-14(8-10-21)19-23-16-6-5-15(26)11-17(16)24-19/h2-6,11,14,26H,7-10,12H2,1H3,(H,23,24)/t14-,21-. The van der Waals surface area contributed by atoms with Crippen molar-refractivity contribution in [2.45, 2.75) is 44.1 Å². The number of anilines is 1. The van der Waals surface area contributed by atoms with Crippen molar-refractivity contribution in [1.29, 1.82) is 0 Å². The summed E-state index contributed by atoms with van der Waals surface area (Å²) in [5.74, 6) is 2.12. The molecule has 2 aromatic heterocycles. The summed E-state index contributed by atoms with van der Waals surface area (Å²) in [6.07, 6.45) is 3.08. The second-order valence-corrected chi connectivity index (χ2v) is 7.87. The van der Waals surface area contributed by atoms with Crippen molar-refractivity contribution in [3.05, 3.63) is 47.9 Å². The summed E-state index contributed by atoms with van der Waals surface area (Å²) in [5.41, 5.74) is 2.14. The zero-order valence-electron chi connectivity index (χ0n) is 15.7. The summed E-state index contributed by atoms with van der Waals surface area (Å²) in [5, 5.41) is 9.64. The minimum atomic E-state index is -0.441. The number of amides is 1. The number of H-pyrrole nitrogens is 1. The molecule has 3 aromatic rings. The number of fused-ring (bicyclic) bond motifs is 1. The molecule has 1 aromatic carbocycles. The van der Waals surface area contributed by atoms with Gasteiger partial charge in [-0.25, -0.2) is 14.8 Å². The van der Waals surface area contributed by atoms with Gasteiger partial charge in [0.1, 0.15) is 23.0 Å². The number of benzene rings is 1. The van der Waals surface area contributed by atoms with E-state index >= 15 is 0 Å². The number of phenols is 1. The zero-order chi connectivity index (χ0) is 19.3. The third-order valence-corrected chi connectivity index (χ3v) is 5.89. The first-order valence-electron chi connectivity index (χ1n) is 9.64. The number of imidazole rings is 1. The largest absolute Gasteiger partial charge is 0.508 e. The molecule has 0 unspecified atom stereocenters. The molecular formula is C21H22N4O3. The Morgan fingerprint density at radius 1 is 1.21 bits per heavy atom. The summed E-state index contributed by atoms with van der Waals surface area (Å²) < 4.78 is 5.84. The summed E-state index contributed by atoms with van der Waals surface area (Å²) in [6, 6.07) is 10.8. The Morgan fingerprint density at radius 3 is 2.82 bits per heavy atom. The molecule has 1 saturated carbocycles. The van der Waals surface area contributed by atoms with Crippen LogP contribution >= 0.6 is 0 Å². The highest BCUT2D eigenvalue weighted by atomic mass is 16.6. The number of phenolic OH excluding ortho intramolecular Hbond substituents is 1. The van der Waals surface area contributed by atoms with Crippen LogP contribution in [0.25, 0.3) is 11.0 Å². The number of carbonyl (C=O) groups is 1. The van der Waals surface area contributed by atoms with Crippen molar-refractivity contribution in [3.8, 4) is 5.75 Å². The number of hydrogen-bond acceptors (Lipinski definition) is 5. The van der Waals surface area contributed by atoms with Crippen LogP contribution in [0.1, 0.15) is 43.1 Å². The van der Waals surface area contributed by atoms with Gasteiger partial charge in [-0.1, -0.05) is 6.07 Å². The Labute approximate surface area is 162 Å². The van der Waals surface area contributed by atoms with E-state index in [0.29, 0.717) is 18.3 Å². The van der Waals surface area contributed by atoms with E-state index in [-0.39, 0.29) is 11.8 Å². The number of aromatic amines is 1. The van der Waals surface area contributed by atoms with Crippen LogP contribution in [0.15, 0.2) is 36.4 Å². The molecule has 0 radical (unpaired) electrons. The lowest BCUT2D eigenvalue weighted by atomic mass is 9.78. The average Bonchev–Trinajstić information content (AvgIpc) is 3.23. The number of rotatable bonds is 2. The summed E-state index contributed by atoms with van der Waals surface area (Å²) in [4.78, 5) is 26.6. The molecule has 2 N–H and O–H groups in total. The Morgan fingerprint density at radius 2 is 2.04 bits per heavy atom. The molecule has 0 bridgehead atoms. The molecule has 1 aliphatic heterocycles. The van der Waals surface area contributed by atoms with E-state index in [9.17, 15) is 9.90 Å². The van der Waals surface area contributed by atoms with E-state index in [0.717, 1.165) is 48.2 Å². The Balaban J connectivity index is 1.31. The highest BCUT2D eigenvalue weighted by Gasteiger charge is 2.48. The maximum absolute atomic E-state index is 12.5. The van der Waals surface area contributed by atoms with Crippen molar-refractivity contribution in [1.82, 2.24) is 15.0 Å². The molecule has 3 heterocycles. The number of nitrogens with one attached hydrogen (secondary N) is 1. The Hall–Kier alpha value is -3.09. The Kier molecular flexibility index (Phi) is 3.79. The van der Waals surface area contributed by atoms with E-state index in [1.807, 2.05) is 31.2 Å². The van der Waals surface area contributed by atoms with E-state index in [4.69, 9.17) is 4.74 Å². The maximum atomic E-state index is 12.5. The molecule has 5 rings (SSSR count). The van der Waals surface area contributed by atoms with E-state index < -0.39 is 5.60 Å². The number of carbonyl (C=O) groups excluding carboxylic acids is 1. The molecule has 144 valence electrons. The first-order valence-corrected chi connectivity index (χ1v) is 9.64. The van der Waals surface area contributed by atoms with Crippen LogP contribution in [0, 0.1) is 6.92 Å². The molecule has 2 aliphatic rings. The first kappa shape index (κ1) is 17.0.